The van der Waals surface area contributed by atoms with Crippen LogP contribution in [0.15, 0.2) is 24.3 Å². The summed E-state index contributed by atoms with van der Waals surface area (Å²) in [4.78, 5) is 14.3. The van der Waals surface area contributed by atoms with E-state index in [0.717, 1.165) is 12.8 Å². The number of Topliss-reactive ketones (excluding diaryl/α,β-unsaturated/α-hetero) is 1. The Kier molecular flexibility index (Phi) is 3.35. The quantitative estimate of drug-likeness (QED) is 0.767. The zero-order valence-corrected chi connectivity index (χ0v) is 12.9. The van der Waals surface area contributed by atoms with Gasteiger partial charge in [0.1, 0.15) is 5.78 Å². The lowest BCUT2D eigenvalue weighted by Gasteiger charge is -2.47. The first-order valence-electron chi connectivity index (χ1n) is 7.86. The van der Waals surface area contributed by atoms with E-state index in [1.807, 2.05) is 0 Å². The molecule has 2 fully saturated rings. The maximum atomic E-state index is 11.8. The highest BCUT2D eigenvalue weighted by molar-refractivity contribution is 5.82. The Morgan fingerprint density at radius 1 is 1.00 bits per heavy atom. The summed E-state index contributed by atoms with van der Waals surface area (Å²) in [6.07, 6.45) is 5.11. The second-order valence-corrected chi connectivity index (χ2v) is 7.39. The Morgan fingerprint density at radius 2 is 1.55 bits per heavy atom. The molecule has 108 valence electrons. The Balaban J connectivity index is 1.87. The van der Waals surface area contributed by atoms with Gasteiger partial charge in [0.2, 0.25) is 0 Å². The topological polar surface area (TPSA) is 20.3 Å². The zero-order valence-electron chi connectivity index (χ0n) is 12.9. The van der Waals surface area contributed by atoms with E-state index in [-0.39, 0.29) is 5.41 Å². The zero-order chi connectivity index (χ0) is 14.3. The van der Waals surface area contributed by atoms with Crippen LogP contribution in [-0.2, 0) is 10.2 Å². The van der Waals surface area contributed by atoms with Gasteiger partial charge in [-0.2, -0.15) is 0 Å². The lowest BCUT2D eigenvalue weighted by molar-refractivity contribution is -0.121. The number of carbonyl (C=O) groups is 1. The van der Waals surface area contributed by atoms with Crippen molar-refractivity contribution in [1.82, 2.24) is 0 Å². The summed E-state index contributed by atoms with van der Waals surface area (Å²) in [5, 5.41) is 0. The maximum absolute atomic E-state index is 11.8. The fourth-order valence-electron chi connectivity index (χ4n) is 3.73. The number of anilines is 1. The van der Waals surface area contributed by atoms with E-state index in [2.05, 4.69) is 49.9 Å². The largest absolute Gasteiger partial charge is 0.365 e. The summed E-state index contributed by atoms with van der Waals surface area (Å²) >= 11 is 0. The second-order valence-electron chi connectivity index (χ2n) is 7.39. The molecule has 2 saturated heterocycles. The summed E-state index contributed by atoms with van der Waals surface area (Å²) < 4.78 is 0. The number of ketones is 1. The Bertz CT molecular complexity index is 481. The number of fused-ring (bicyclic) bond motifs is 2. The monoisotopic (exact) mass is 271 g/mol. The molecule has 2 aliphatic rings. The molecule has 2 heterocycles. The molecule has 0 radical (unpaired) electrons. The lowest BCUT2D eigenvalue weighted by Crippen LogP contribution is -2.52. The van der Waals surface area contributed by atoms with Crippen molar-refractivity contribution < 1.29 is 4.79 Å². The van der Waals surface area contributed by atoms with Crippen LogP contribution < -0.4 is 4.90 Å². The average Bonchev–Trinajstić information content (AvgIpc) is 2.37. The lowest BCUT2D eigenvalue weighted by atomic mass is 9.82. The summed E-state index contributed by atoms with van der Waals surface area (Å²) in [5.41, 5.74) is 2.88. The van der Waals surface area contributed by atoms with Crippen LogP contribution in [0.1, 0.15) is 58.4 Å². The molecule has 1 aromatic rings. The van der Waals surface area contributed by atoms with Crippen LogP contribution in [0.4, 0.5) is 5.69 Å². The number of piperidine rings is 2. The molecular weight excluding hydrogens is 246 g/mol. The molecule has 0 spiro atoms. The molecule has 0 aliphatic carbocycles. The summed E-state index contributed by atoms with van der Waals surface area (Å²) in [6.45, 7) is 6.74. The molecule has 2 aliphatic heterocycles. The smallest absolute Gasteiger partial charge is 0.137 e. The van der Waals surface area contributed by atoms with E-state index in [1.54, 1.807) is 0 Å². The first-order valence-corrected chi connectivity index (χ1v) is 7.86. The second kappa shape index (κ2) is 4.91. The minimum absolute atomic E-state index is 0.201. The van der Waals surface area contributed by atoms with Crippen LogP contribution in [0.2, 0.25) is 0 Å². The molecule has 2 nitrogen and oxygen atoms in total. The molecule has 1 aromatic carbocycles. The fourth-order valence-corrected chi connectivity index (χ4v) is 3.73. The highest BCUT2D eigenvalue weighted by atomic mass is 16.1. The number of carbonyl (C=O) groups excluding carboxylic acids is 1. The molecule has 2 atom stereocenters. The third-order valence-corrected chi connectivity index (χ3v) is 4.82. The molecule has 3 rings (SSSR count). The van der Waals surface area contributed by atoms with Gasteiger partial charge in [-0.15, -0.1) is 0 Å². The summed E-state index contributed by atoms with van der Waals surface area (Å²) in [7, 11) is 0. The standard InChI is InChI=1S/C18H25NO/c1-18(2,3)13-7-9-14(10-8-13)19-15-5-4-6-16(19)12-17(20)11-15/h7-10,15-16H,4-6,11-12H2,1-3H3. The van der Waals surface area contributed by atoms with Crippen molar-refractivity contribution in [1.29, 1.82) is 0 Å². The molecular formula is C18H25NO. The normalized spacial score (nSPS) is 26.8. The van der Waals surface area contributed by atoms with E-state index < -0.39 is 0 Å². The molecule has 20 heavy (non-hydrogen) atoms. The van der Waals surface area contributed by atoms with Gasteiger partial charge in [-0.25, -0.2) is 0 Å². The number of rotatable bonds is 1. The minimum atomic E-state index is 0.201. The van der Waals surface area contributed by atoms with E-state index in [4.69, 9.17) is 0 Å². The van der Waals surface area contributed by atoms with Crippen LogP contribution in [-0.4, -0.2) is 17.9 Å². The first kappa shape index (κ1) is 13.7. The SMILES string of the molecule is CC(C)(C)c1ccc(N2C3CCCC2CC(=O)C3)cc1. The van der Waals surface area contributed by atoms with Gasteiger partial charge in [-0.3, -0.25) is 4.79 Å². The predicted molar refractivity (Wildman–Crippen MR) is 83.3 cm³/mol. The van der Waals surface area contributed by atoms with Crippen molar-refractivity contribution >= 4 is 11.5 Å². The molecule has 0 amide bonds. The van der Waals surface area contributed by atoms with Crippen LogP contribution in [0, 0.1) is 0 Å². The van der Waals surface area contributed by atoms with Gasteiger partial charge in [-0.05, 0) is 42.4 Å². The number of nitrogens with zero attached hydrogens (tertiary/aromatic N) is 1. The minimum Gasteiger partial charge on any atom is -0.365 e. The van der Waals surface area contributed by atoms with E-state index in [0.29, 0.717) is 17.9 Å². The van der Waals surface area contributed by atoms with Gasteiger partial charge in [-0.1, -0.05) is 32.9 Å². The van der Waals surface area contributed by atoms with Crippen molar-refractivity contribution in [3.63, 3.8) is 0 Å². The highest BCUT2D eigenvalue weighted by Gasteiger charge is 2.37. The third kappa shape index (κ3) is 2.48. The van der Waals surface area contributed by atoms with Gasteiger partial charge in [0.15, 0.2) is 0 Å². The van der Waals surface area contributed by atoms with Gasteiger partial charge >= 0.3 is 0 Å². The van der Waals surface area contributed by atoms with Gasteiger partial charge < -0.3 is 4.90 Å². The molecule has 2 unspecified atom stereocenters. The predicted octanol–water partition coefficient (Wildman–Crippen LogP) is 4.07. The fraction of sp³-hybridized carbons (Fsp3) is 0.611. The van der Waals surface area contributed by atoms with E-state index >= 15 is 0 Å². The molecule has 2 bridgehead atoms. The van der Waals surface area contributed by atoms with Crippen molar-refractivity contribution in [2.45, 2.75) is 70.4 Å². The van der Waals surface area contributed by atoms with Crippen LogP contribution >= 0.6 is 0 Å². The van der Waals surface area contributed by atoms with Crippen LogP contribution in [0.5, 0.6) is 0 Å². The molecule has 0 saturated carbocycles. The Morgan fingerprint density at radius 3 is 2.05 bits per heavy atom. The summed E-state index contributed by atoms with van der Waals surface area (Å²) in [5.74, 6) is 0.460. The van der Waals surface area contributed by atoms with Crippen LogP contribution in [0.3, 0.4) is 0 Å². The average molecular weight is 271 g/mol. The first-order chi connectivity index (χ1) is 9.45. The van der Waals surface area contributed by atoms with Gasteiger partial charge in [0.25, 0.3) is 0 Å². The van der Waals surface area contributed by atoms with Gasteiger partial charge in [0, 0.05) is 30.6 Å². The van der Waals surface area contributed by atoms with Gasteiger partial charge in [0.05, 0.1) is 0 Å². The molecule has 0 N–H and O–H groups in total. The molecule has 0 aromatic heterocycles. The van der Waals surface area contributed by atoms with Crippen molar-refractivity contribution in [3.05, 3.63) is 29.8 Å². The Labute approximate surface area is 122 Å². The summed E-state index contributed by atoms with van der Waals surface area (Å²) in [6, 6.07) is 9.89. The number of benzene rings is 1. The third-order valence-electron chi connectivity index (χ3n) is 4.82. The highest BCUT2D eigenvalue weighted by Crippen LogP contribution is 2.37. The maximum Gasteiger partial charge on any atom is 0.137 e. The van der Waals surface area contributed by atoms with Crippen LogP contribution in [0.25, 0.3) is 0 Å². The Hall–Kier alpha value is -1.31. The van der Waals surface area contributed by atoms with Crippen molar-refractivity contribution in [2.24, 2.45) is 0 Å². The van der Waals surface area contributed by atoms with Crippen molar-refractivity contribution in [3.8, 4) is 0 Å². The number of hydrogen-bond acceptors (Lipinski definition) is 2. The molecule has 2 heteroatoms. The van der Waals surface area contributed by atoms with E-state index in [1.165, 1.54) is 30.5 Å². The number of hydrogen-bond donors (Lipinski definition) is 0. The van der Waals surface area contributed by atoms with E-state index in [9.17, 15) is 4.79 Å². The van der Waals surface area contributed by atoms with Crippen molar-refractivity contribution in [2.75, 3.05) is 4.90 Å².